The van der Waals surface area contributed by atoms with E-state index in [2.05, 4.69) is 40.3 Å². The van der Waals surface area contributed by atoms with E-state index < -0.39 is 0 Å². The molecule has 0 radical (unpaired) electrons. The number of fused-ring (bicyclic) bond motifs is 5. The van der Waals surface area contributed by atoms with Crippen molar-refractivity contribution in [3.63, 3.8) is 0 Å². The number of carbonyl (C=O) groups is 1. The average molecular weight is 398 g/mol. The molecule has 0 aromatic carbocycles. The molecule has 2 nitrogen and oxygen atoms in total. The maximum Gasteiger partial charge on any atom is 0.142 e. The Bertz CT molecular complexity index is 643. The zero-order valence-corrected chi connectivity index (χ0v) is 19.3. The van der Waals surface area contributed by atoms with E-state index in [1.54, 1.807) is 5.57 Å². The molecule has 0 spiro atoms. The van der Waals surface area contributed by atoms with Crippen LogP contribution in [-0.4, -0.2) is 12.0 Å². The van der Waals surface area contributed by atoms with Crippen molar-refractivity contribution in [2.75, 3.05) is 0 Å². The van der Waals surface area contributed by atoms with E-state index in [1.165, 1.54) is 57.4 Å². The molecule has 2 heteroatoms. The highest BCUT2D eigenvalue weighted by atomic mass is 16.1. The summed E-state index contributed by atoms with van der Waals surface area (Å²) in [6, 6.07) is 0. The zero-order valence-electron chi connectivity index (χ0n) is 19.3. The molecular formula is C27H43NO. The molecular weight excluding hydrogens is 354 g/mol. The summed E-state index contributed by atoms with van der Waals surface area (Å²) in [5.41, 5.74) is 3.23. The third-order valence-electron chi connectivity index (χ3n) is 9.53. The minimum atomic E-state index is 0.639. The third-order valence-corrected chi connectivity index (χ3v) is 9.53. The van der Waals surface area contributed by atoms with Crippen molar-refractivity contribution in [2.45, 2.75) is 85.5 Å². The second-order valence-corrected chi connectivity index (χ2v) is 10.3. The first kappa shape index (κ1) is 22.5. The predicted molar refractivity (Wildman–Crippen MR) is 123 cm³/mol. The van der Waals surface area contributed by atoms with Gasteiger partial charge in [0.2, 0.25) is 0 Å². The standard InChI is InChI=1S/C24H39N.C3H4O/c1-5-16-13-17-14-18(25)8-9-19(17)20-10-11-24(7-3)21(6-2)15(4)12-22(24)23(16)20;1-2-3-4/h14-16,19-23,25H,5-13H2,1-4H3;2-3H,1H2. The van der Waals surface area contributed by atoms with Gasteiger partial charge in [-0.15, -0.1) is 0 Å². The van der Waals surface area contributed by atoms with Crippen LogP contribution in [0.2, 0.25) is 0 Å². The van der Waals surface area contributed by atoms with Gasteiger partial charge in [-0.05, 0) is 104 Å². The molecule has 0 saturated heterocycles. The van der Waals surface area contributed by atoms with Crippen molar-refractivity contribution in [3.05, 3.63) is 24.3 Å². The third kappa shape index (κ3) is 3.81. The van der Waals surface area contributed by atoms with Gasteiger partial charge in [-0.1, -0.05) is 52.7 Å². The Balaban J connectivity index is 0.000000552. The number of hydrogen-bond donors (Lipinski definition) is 1. The van der Waals surface area contributed by atoms with Crippen LogP contribution in [-0.2, 0) is 4.79 Å². The van der Waals surface area contributed by atoms with E-state index in [4.69, 9.17) is 10.2 Å². The number of rotatable bonds is 4. The largest absolute Gasteiger partial charge is 0.305 e. The van der Waals surface area contributed by atoms with Crippen molar-refractivity contribution < 1.29 is 4.79 Å². The summed E-state index contributed by atoms with van der Waals surface area (Å²) in [4.78, 5) is 9.06. The van der Waals surface area contributed by atoms with E-state index in [0.717, 1.165) is 53.6 Å². The molecule has 0 aliphatic heterocycles. The quantitative estimate of drug-likeness (QED) is 0.394. The van der Waals surface area contributed by atoms with Crippen LogP contribution in [0.4, 0.5) is 0 Å². The monoisotopic (exact) mass is 397 g/mol. The fourth-order valence-corrected chi connectivity index (χ4v) is 8.59. The maximum atomic E-state index is 9.06. The van der Waals surface area contributed by atoms with Gasteiger partial charge in [0.15, 0.2) is 0 Å². The smallest absolute Gasteiger partial charge is 0.142 e. The highest BCUT2D eigenvalue weighted by molar-refractivity contribution is 5.93. The Morgan fingerprint density at radius 1 is 1.24 bits per heavy atom. The Labute approximate surface area is 179 Å². The van der Waals surface area contributed by atoms with Crippen molar-refractivity contribution in [3.8, 4) is 0 Å². The molecule has 0 aromatic rings. The molecule has 29 heavy (non-hydrogen) atoms. The van der Waals surface area contributed by atoms with Gasteiger partial charge in [0.25, 0.3) is 0 Å². The molecule has 162 valence electrons. The van der Waals surface area contributed by atoms with Crippen LogP contribution in [0.3, 0.4) is 0 Å². The molecule has 4 aliphatic rings. The number of hydrogen-bond acceptors (Lipinski definition) is 2. The SMILES string of the molecule is C=CC=O.CCC1CC2=CC(=N)CCC2C2CCC3(CC)C(CC)C(C)CC3C12. The summed E-state index contributed by atoms with van der Waals surface area (Å²) >= 11 is 0. The lowest BCUT2D eigenvalue weighted by molar-refractivity contribution is -0.104. The van der Waals surface area contributed by atoms with Crippen molar-refractivity contribution in [1.82, 2.24) is 0 Å². The minimum absolute atomic E-state index is 0.639. The summed E-state index contributed by atoms with van der Waals surface area (Å²) in [6.45, 7) is 13.1. The maximum absolute atomic E-state index is 9.06. The highest BCUT2D eigenvalue weighted by Gasteiger charge is 2.60. The van der Waals surface area contributed by atoms with E-state index in [1.807, 2.05) is 0 Å². The van der Waals surface area contributed by atoms with Crippen LogP contribution < -0.4 is 0 Å². The second-order valence-electron chi connectivity index (χ2n) is 10.3. The fraction of sp³-hybridized carbons (Fsp3) is 0.778. The number of carbonyl (C=O) groups excluding carboxylic acids is 1. The zero-order chi connectivity index (χ0) is 21.2. The van der Waals surface area contributed by atoms with E-state index in [9.17, 15) is 0 Å². The van der Waals surface area contributed by atoms with Crippen LogP contribution in [0.1, 0.15) is 85.5 Å². The fourth-order valence-electron chi connectivity index (χ4n) is 8.59. The summed E-state index contributed by atoms with van der Waals surface area (Å²) in [5, 5.41) is 8.15. The molecule has 8 unspecified atom stereocenters. The van der Waals surface area contributed by atoms with E-state index >= 15 is 0 Å². The van der Waals surface area contributed by atoms with Crippen LogP contribution in [0.5, 0.6) is 0 Å². The average Bonchev–Trinajstić information content (AvgIpc) is 3.04. The second kappa shape index (κ2) is 9.31. The topological polar surface area (TPSA) is 40.9 Å². The van der Waals surface area contributed by atoms with Crippen molar-refractivity contribution in [2.24, 2.45) is 46.8 Å². The first-order valence-electron chi connectivity index (χ1n) is 12.3. The molecule has 0 aromatic heterocycles. The van der Waals surface area contributed by atoms with Crippen molar-refractivity contribution in [1.29, 1.82) is 5.41 Å². The Morgan fingerprint density at radius 3 is 2.55 bits per heavy atom. The predicted octanol–water partition coefficient (Wildman–Crippen LogP) is 7.25. The Kier molecular flexibility index (Phi) is 7.23. The van der Waals surface area contributed by atoms with Gasteiger partial charge in [0.1, 0.15) is 6.29 Å². The lowest BCUT2D eigenvalue weighted by Crippen LogP contribution is -2.50. The van der Waals surface area contributed by atoms with Crippen LogP contribution >= 0.6 is 0 Å². The van der Waals surface area contributed by atoms with Gasteiger partial charge >= 0.3 is 0 Å². The first-order valence-corrected chi connectivity index (χ1v) is 12.3. The summed E-state index contributed by atoms with van der Waals surface area (Å²) in [5.74, 6) is 6.52. The van der Waals surface area contributed by atoms with Crippen LogP contribution in [0, 0.1) is 52.2 Å². The summed E-state index contributed by atoms with van der Waals surface area (Å²) in [6.07, 6.45) is 16.4. The first-order chi connectivity index (χ1) is 14.0. The highest BCUT2D eigenvalue weighted by Crippen LogP contribution is 2.68. The number of aldehydes is 1. The summed E-state index contributed by atoms with van der Waals surface area (Å²) in [7, 11) is 0. The Hall–Kier alpha value is -1.18. The van der Waals surface area contributed by atoms with Gasteiger partial charge in [-0.2, -0.15) is 0 Å². The van der Waals surface area contributed by atoms with Crippen LogP contribution in [0.25, 0.3) is 0 Å². The lowest BCUT2D eigenvalue weighted by atomic mass is 9.47. The molecule has 8 atom stereocenters. The number of allylic oxidation sites excluding steroid dienone is 3. The molecule has 0 bridgehead atoms. The van der Waals surface area contributed by atoms with E-state index in [0.29, 0.717) is 11.7 Å². The van der Waals surface area contributed by atoms with Gasteiger partial charge in [0.05, 0.1) is 0 Å². The van der Waals surface area contributed by atoms with Gasteiger partial charge in [-0.25, -0.2) is 0 Å². The minimum Gasteiger partial charge on any atom is -0.305 e. The molecule has 3 saturated carbocycles. The van der Waals surface area contributed by atoms with Crippen molar-refractivity contribution >= 4 is 12.0 Å². The van der Waals surface area contributed by atoms with Crippen LogP contribution in [0.15, 0.2) is 24.3 Å². The Morgan fingerprint density at radius 2 is 1.97 bits per heavy atom. The van der Waals surface area contributed by atoms with Gasteiger partial charge in [0, 0.05) is 5.71 Å². The molecule has 0 heterocycles. The molecule has 0 amide bonds. The molecule has 4 rings (SSSR count). The molecule has 4 aliphatic carbocycles. The van der Waals surface area contributed by atoms with Gasteiger partial charge in [-0.3, -0.25) is 4.79 Å². The summed E-state index contributed by atoms with van der Waals surface area (Å²) < 4.78 is 0. The lowest BCUT2D eigenvalue weighted by Gasteiger charge is -2.58. The molecule has 1 N–H and O–H groups in total. The normalized spacial score (nSPS) is 43.1. The number of nitrogens with one attached hydrogen (secondary N) is 1. The molecule has 3 fully saturated rings. The van der Waals surface area contributed by atoms with E-state index in [-0.39, 0.29) is 0 Å². The van der Waals surface area contributed by atoms with Gasteiger partial charge < -0.3 is 5.41 Å².